The number of hydrogen-bond acceptors (Lipinski definition) is 5. The molecule has 1 unspecified atom stereocenters. The predicted molar refractivity (Wildman–Crippen MR) is 96.8 cm³/mol. The highest BCUT2D eigenvalue weighted by Gasteiger charge is 2.35. The van der Waals surface area contributed by atoms with Gasteiger partial charge in [0.25, 0.3) is 5.91 Å². The van der Waals surface area contributed by atoms with E-state index in [4.69, 9.17) is 16.3 Å². The second kappa shape index (κ2) is 8.03. The molecular weight excluding hydrogens is 364 g/mol. The standard InChI is InChI=1S/C17H23ClN2O4S/c18-15-3-1-14(2-4-15)17(21)20(16-5-12-25(22,23)13-16)7-6-19-8-10-24-11-9-19/h1-4,16H,5-13H2. The normalized spacial score (nSPS) is 23.5. The first-order valence-corrected chi connectivity index (χ1v) is 10.7. The van der Waals surface area contributed by atoms with Gasteiger partial charge < -0.3 is 9.64 Å². The van der Waals surface area contributed by atoms with Gasteiger partial charge >= 0.3 is 0 Å². The van der Waals surface area contributed by atoms with Crippen LogP contribution in [0.15, 0.2) is 24.3 Å². The van der Waals surface area contributed by atoms with E-state index in [1.807, 2.05) is 0 Å². The molecule has 8 heteroatoms. The minimum atomic E-state index is -3.05. The molecule has 0 spiro atoms. The van der Waals surface area contributed by atoms with Crippen molar-refractivity contribution in [3.8, 4) is 0 Å². The molecule has 2 aliphatic rings. The van der Waals surface area contributed by atoms with Crippen molar-refractivity contribution in [1.82, 2.24) is 9.80 Å². The summed E-state index contributed by atoms with van der Waals surface area (Å²) in [6.45, 7) is 4.31. The van der Waals surface area contributed by atoms with Crippen molar-refractivity contribution in [2.75, 3.05) is 50.9 Å². The summed E-state index contributed by atoms with van der Waals surface area (Å²) in [5.74, 6) is 0.0710. The number of morpholine rings is 1. The molecule has 0 radical (unpaired) electrons. The molecule has 0 saturated carbocycles. The molecule has 1 aromatic rings. The Labute approximate surface area is 153 Å². The van der Waals surface area contributed by atoms with E-state index in [9.17, 15) is 13.2 Å². The van der Waals surface area contributed by atoms with E-state index in [0.29, 0.717) is 36.8 Å². The maximum Gasteiger partial charge on any atom is 0.254 e. The van der Waals surface area contributed by atoms with Crippen LogP contribution in [0.5, 0.6) is 0 Å². The highest BCUT2D eigenvalue weighted by atomic mass is 35.5. The second-order valence-corrected chi connectivity index (χ2v) is 9.18. The fourth-order valence-corrected chi connectivity index (χ4v) is 5.16. The first-order valence-electron chi connectivity index (χ1n) is 8.52. The van der Waals surface area contributed by atoms with E-state index >= 15 is 0 Å². The summed E-state index contributed by atoms with van der Waals surface area (Å²) in [6, 6.07) is 6.49. The summed E-state index contributed by atoms with van der Waals surface area (Å²) >= 11 is 5.90. The molecule has 1 aromatic carbocycles. The van der Waals surface area contributed by atoms with Gasteiger partial charge in [0.05, 0.1) is 24.7 Å². The number of rotatable bonds is 5. The Kier molecular flexibility index (Phi) is 5.99. The summed E-state index contributed by atoms with van der Waals surface area (Å²) in [6.07, 6.45) is 0.505. The summed E-state index contributed by atoms with van der Waals surface area (Å²) in [4.78, 5) is 16.9. The van der Waals surface area contributed by atoms with Crippen molar-refractivity contribution in [2.24, 2.45) is 0 Å². The lowest BCUT2D eigenvalue weighted by molar-refractivity contribution is 0.0303. The average molecular weight is 387 g/mol. The predicted octanol–water partition coefficient (Wildman–Crippen LogP) is 1.30. The van der Waals surface area contributed by atoms with Crippen LogP contribution in [0.3, 0.4) is 0 Å². The number of carbonyl (C=O) groups is 1. The topological polar surface area (TPSA) is 66.9 Å². The molecule has 138 valence electrons. The quantitative estimate of drug-likeness (QED) is 0.763. The van der Waals surface area contributed by atoms with Crippen LogP contribution in [-0.2, 0) is 14.6 Å². The number of amides is 1. The summed E-state index contributed by atoms with van der Waals surface area (Å²) in [7, 11) is -3.05. The molecule has 25 heavy (non-hydrogen) atoms. The van der Waals surface area contributed by atoms with Crippen molar-refractivity contribution in [3.63, 3.8) is 0 Å². The monoisotopic (exact) mass is 386 g/mol. The van der Waals surface area contributed by atoms with E-state index in [0.717, 1.165) is 19.6 Å². The van der Waals surface area contributed by atoms with Crippen molar-refractivity contribution in [2.45, 2.75) is 12.5 Å². The maximum atomic E-state index is 13.0. The van der Waals surface area contributed by atoms with Crippen LogP contribution in [0.1, 0.15) is 16.8 Å². The molecule has 1 amide bonds. The summed E-state index contributed by atoms with van der Waals surface area (Å²) in [5, 5.41) is 0.569. The molecule has 2 fully saturated rings. The van der Waals surface area contributed by atoms with Crippen molar-refractivity contribution < 1.29 is 17.9 Å². The van der Waals surface area contributed by atoms with Gasteiger partial charge in [-0.25, -0.2) is 8.42 Å². The Morgan fingerprint density at radius 1 is 1.24 bits per heavy atom. The van der Waals surface area contributed by atoms with Gasteiger partial charge in [0.15, 0.2) is 9.84 Å². The van der Waals surface area contributed by atoms with Gasteiger partial charge in [-0.15, -0.1) is 0 Å². The third kappa shape index (κ3) is 4.94. The van der Waals surface area contributed by atoms with Crippen LogP contribution in [0.2, 0.25) is 5.02 Å². The van der Waals surface area contributed by atoms with E-state index in [2.05, 4.69) is 4.90 Å². The zero-order valence-corrected chi connectivity index (χ0v) is 15.6. The molecule has 0 N–H and O–H groups in total. The van der Waals surface area contributed by atoms with Gasteiger partial charge in [0, 0.05) is 42.8 Å². The zero-order valence-electron chi connectivity index (χ0n) is 14.1. The lowest BCUT2D eigenvalue weighted by atomic mass is 10.1. The molecule has 2 saturated heterocycles. The van der Waals surface area contributed by atoms with Crippen molar-refractivity contribution in [3.05, 3.63) is 34.9 Å². The molecule has 0 bridgehead atoms. The maximum absolute atomic E-state index is 13.0. The van der Waals surface area contributed by atoms with Crippen molar-refractivity contribution in [1.29, 1.82) is 0 Å². The Morgan fingerprint density at radius 2 is 1.92 bits per heavy atom. The van der Waals surface area contributed by atoms with Crippen molar-refractivity contribution >= 4 is 27.3 Å². The number of ether oxygens (including phenoxy) is 1. The second-order valence-electron chi connectivity index (χ2n) is 6.52. The smallest absolute Gasteiger partial charge is 0.254 e. The van der Waals surface area contributed by atoms with Gasteiger partial charge in [-0.2, -0.15) is 0 Å². The zero-order chi connectivity index (χ0) is 17.9. The number of hydrogen-bond donors (Lipinski definition) is 0. The van der Waals surface area contributed by atoms with E-state index < -0.39 is 9.84 Å². The first-order chi connectivity index (χ1) is 11.9. The third-order valence-electron chi connectivity index (χ3n) is 4.76. The number of halogens is 1. The van der Waals surface area contributed by atoms with Crippen LogP contribution in [0.4, 0.5) is 0 Å². The number of benzene rings is 1. The van der Waals surface area contributed by atoms with E-state index in [1.165, 1.54) is 0 Å². The van der Waals surface area contributed by atoms with Gasteiger partial charge in [0.1, 0.15) is 0 Å². The molecule has 6 nitrogen and oxygen atoms in total. The Hall–Kier alpha value is -1.15. The molecule has 0 aromatic heterocycles. The fraction of sp³-hybridized carbons (Fsp3) is 0.588. The van der Waals surface area contributed by atoms with Gasteiger partial charge in [-0.1, -0.05) is 11.6 Å². The van der Waals surface area contributed by atoms with Crippen LogP contribution >= 0.6 is 11.6 Å². The van der Waals surface area contributed by atoms with Gasteiger partial charge in [0.2, 0.25) is 0 Å². The minimum absolute atomic E-state index is 0.0510. The molecule has 2 heterocycles. The Balaban J connectivity index is 1.73. The molecule has 3 rings (SSSR count). The summed E-state index contributed by atoms with van der Waals surface area (Å²) < 4.78 is 29.1. The summed E-state index contributed by atoms with van der Waals surface area (Å²) in [5.41, 5.74) is 0.538. The third-order valence-corrected chi connectivity index (χ3v) is 6.76. The van der Waals surface area contributed by atoms with Crippen LogP contribution in [-0.4, -0.2) is 81.1 Å². The molecule has 2 aliphatic heterocycles. The lowest BCUT2D eigenvalue weighted by Crippen LogP contribution is -2.47. The lowest BCUT2D eigenvalue weighted by Gasteiger charge is -2.33. The number of sulfone groups is 1. The van der Waals surface area contributed by atoms with Crippen LogP contribution in [0.25, 0.3) is 0 Å². The van der Waals surface area contributed by atoms with Gasteiger partial charge in [-0.05, 0) is 30.7 Å². The fourth-order valence-electron chi connectivity index (χ4n) is 3.30. The molecule has 1 atom stereocenters. The van der Waals surface area contributed by atoms with E-state index in [-0.39, 0.29) is 23.5 Å². The Bertz CT molecular complexity index is 702. The Morgan fingerprint density at radius 3 is 2.52 bits per heavy atom. The minimum Gasteiger partial charge on any atom is -0.379 e. The highest BCUT2D eigenvalue weighted by molar-refractivity contribution is 7.91. The average Bonchev–Trinajstić information content (AvgIpc) is 2.96. The largest absolute Gasteiger partial charge is 0.379 e. The van der Waals surface area contributed by atoms with Crippen LogP contribution in [0, 0.1) is 0 Å². The highest BCUT2D eigenvalue weighted by Crippen LogP contribution is 2.21. The molecular formula is C17H23ClN2O4S. The van der Waals surface area contributed by atoms with Crippen LogP contribution < -0.4 is 0 Å². The number of carbonyl (C=O) groups excluding carboxylic acids is 1. The van der Waals surface area contributed by atoms with Gasteiger partial charge in [-0.3, -0.25) is 9.69 Å². The number of nitrogens with zero attached hydrogens (tertiary/aromatic N) is 2. The molecule has 0 aliphatic carbocycles. The first kappa shape index (κ1) is 18.6. The SMILES string of the molecule is O=C(c1ccc(Cl)cc1)N(CCN1CCOCC1)C1CCS(=O)(=O)C1. The van der Waals surface area contributed by atoms with E-state index in [1.54, 1.807) is 29.2 Å².